The number of nitrogens with one attached hydrogen (secondary N) is 2. The Morgan fingerprint density at radius 1 is 1.33 bits per heavy atom. The highest BCUT2D eigenvalue weighted by Gasteiger charge is 2.32. The Bertz CT molecular complexity index is 312. The van der Waals surface area contributed by atoms with Gasteiger partial charge in [0.25, 0.3) is 0 Å². The van der Waals surface area contributed by atoms with Crippen molar-refractivity contribution in [1.82, 2.24) is 10.6 Å². The van der Waals surface area contributed by atoms with E-state index in [1.807, 2.05) is 0 Å². The largest absolute Gasteiger partial charge is 0.387 e. The van der Waals surface area contributed by atoms with Gasteiger partial charge in [-0.2, -0.15) is 0 Å². The zero-order valence-electron chi connectivity index (χ0n) is 14.8. The minimum absolute atomic E-state index is 0.203. The molecule has 5 atom stereocenters. The highest BCUT2D eigenvalue weighted by atomic mass is 15.1. The molecule has 0 radical (unpaired) electrons. The summed E-state index contributed by atoms with van der Waals surface area (Å²) in [5, 5.41) is 7.01. The van der Waals surface area contributed by atoms with Crippen LogP contribution in [0.2, 0.25) is 0 Å². The molecular formula is C18H37N3. The lowest BCUT2D eigenvalue weighted by molar-refractivity contribution is 0.409. The molecule has 0 saturated carbocycles. The Labute approximate surface area is 132 Å². The normalized spacial score (nSPS) is 26.3. The number of nitrogens with two attached hydrogens (primary N) is 1. The van der Waals surface area contributed by atoms with Crippen LogP contribution in [0.4, 0.5) is 0 Å². The van der Waals surface area contributed by atoms with Gasteiger partial charge in [0.1, 0.15) is 0 Å². The Morgan fingerprint density at radius 2 is 2.00 bits per heavy atom. The summed E-state index contributed by atoms with van der Waals surface area (Å²) >= 11 is 0. The SMILES string of the molecule is CCCC(CC/C(C)=C/NC(CC)C(C)N)CC1NC1C. The summed E-state index contributed by atoms with van der Waals surface area (Å²) in [6.45, 7) is 11.1. The lowest BCUT2D eigenvalue weighted by Crippen LogP contribution is -2.40. The third kappa shape index (κ3) is 7.32. The second-order valence-corrected chi connectivity index (χ2v) is 7.02. The molecule has 1 saturated heterocycles. The fourth-order valence-corrected chi connectivity index (χ4v) is 3.10. The van der Waals surface area contributed by atoms with Gasteiger partial charge in [-0.3, -0.25) is 0 Å². The monoisotopic (exact) mass is 295 g/mol. The van der Waals surface area contributed by atoms with Crippen molar-refractivity contribution in [1.29, 1.82) is 0 Å². The van der Waals surface area contributed by atoms with Gasteiger partial charge >= 0.3 is 0 Å². The molecule has 0 spiro atoms. The maximum atomic E-state index is 5.97. The van der Waals surface area contributed by atoms with E-state index >= 15 is 0 Å². The summed E-state index contributed by atoms with van der Waals surface area (Å²) in [4.78, 5) is 0. The highest BCUT2D eigenvalue weighted by molar-refractivity contribution is 5.00. The van der Waals surface area contributed by atoms with Crippen LogP contribution in [-0.4, -0.2) is 24.2 Å². The number of hydrogen-bond acceptors (Lipinski definition) is 3. The molecule has 3 heteroatoms. The topological polar surface area (TPSA) is 60.0 Å². The van der Waals surface area contributed by atoms with Gasteiger partial charge in [0, 0.05) is 24.2 Å². The Kier molecular flexibility index (Phi) is 8.35. The molecule has 0 aromatic carbocycles. The third-order valence-electron chi connectivity index (χ3n) is 4.82. The van der Waals surface area contributed by atoms with Gasteiger partial charge in [0.05, 0.1) is 0 Å². The van der Waals surface area contributed by atoms with Crippen LogP contribution in [0, 0.1) is 5.92 Å². The molecule has 21 heavy (non-hydrogen) atoms. The molecule has 0 aliphatic carbocycles. The number of hydrogen-bond donors (Lipinski definition) is 3. The van der Waals surface area contributed by atoms with Gasteiger partial charge in [0.2, 0.25) is 0 Å². The van der Waals surface area contributed by atoms with Gasteiger partial charge in [-0.05, 0) is 58.6 Å². The molecule has 3 nitrogen and oxygen atoms in total. The Hall–Kier alpha value is -0.540. The molecule has 0 aromatic rings. The van der Waals surface area contributed by atoms with Crippen LogP contribution in [0.25, 0.3) is 0 Å². The molecule has 5 unspecified atom stereocenters. The number of rotatable bonds is 11. The molecular weight excluding hydrogens is 258 g/mol. The Balaban J connectivity index is 2.32. The first-order chi connectivity index (χ1) is 9.97. The lowest BCUT2D eigenvalue weighted by Gasteiger charge is -2.20. The van der Waals surface area contributed by atoms with Crippen molar-refractivity contribution in [3.8, 4) is 0 Å². The predicted octanol–water partition coefficient (Wildman–Crippen LogP) is 3.55. The van der Waals surface area contributed by atoms with Crippen molar-refractivity contribution >= 4 is 0 Å². The smallest absolute Gasteiger partial charge is 0.0401 e. The maximum Gasteiger partial charge on any atom is 0.0401 e. The van der Waals surface area contributed by atoms with Gasteiger partial charge < -0.3 is 16.4 Å². The molecule has 1 heterocycles. The maximum absolute atomic E-state index is 5.97. The fraction of sp³-hybridized carbons (Fsp3) is 0.889. The minimum atomic E-state index is 0.203. The van der Waals surface area contributed by atoms with E-state index in [1.165, 1.54) is 37.7 Å². The van der Waals surface area contributed by atoms with E-state index in [1.54, 1.807) is 0 Å². The van der Waals surface area contributed by atoms with E-state index in [-0.39, 0.29) is 6.04 Å². The van der Waals surface area contributed by atoms with Crippen LogP contribution in [0.3, 0.4) is 0 Å². The average molecular weight is 296 g/mol. The quantitative estimate of drug-likeness (QED) is 0.511. The molecule has 0 aromatic heterocycles. The summed E-state index contributed by atoms with van der Waals surface area (Å²) in [7, 11) is 0. The average Bonchev–Trinajstić information content (AvgIpc) is 3.12. The van der Waals surface area contributed by atoms with E-state index < -0.39 is 0 Å². The Morgan fingerprint density at radius 3 is 2.48 bits per heavy atom. The summed E-state index contributed by atoms with van der Waals surface area (Å²) < 4.78 is 0. The molecule has 4 N–H and O–H groups in total. The second kappa shape index (κ2) is 9.47. The molecule has 1 aliphatic rings. The van der Waals surface area contributed by atoms with Crippen LogP contribution < -0.4 is 16.4 Å². The third-order valence-corrected chi connectivity index (χ3v) is 4.82. The van der Waals surface area contributed by atoms with E-state index in [0.29, 0.717) is 6.04 Å². The molecule has 1 fully saturated rings. The van der Waals surface area contributed by atoms with Crippen LogP contribution in [0.5, 0.6) is 0 Å². The van der Waals surface area contributed by atoms with Crippen molar-refractivity contribution < 1.29 is 0 Å². The van der Waals surface area contributed by atoms with Gasteiger partial charge in [0.15, 0.2) is 0 Å². The van der Waals surface area contributed by atoms with Gasteiger partial charge in [-0.1, -0.05) is 32.3 Å². The van der Waals surface area contributed by atoms with E-state index in [4.69, 9.17) is 5.73 Å². The zero-order valence-corrected chi connectivity index (χ0v) is 14.8. The van der Waals surface area contributed by atoms with E-state index in [0.717, 1.165) is 24.4 Å². The molecule has 1 aliphatic heterocycles. The molecule has 124 valence electrons. The molecule has 0 amide bonds. The van der Waals surface area contributed by atoms with E-state index in [9.17, 15) is 0 Å². The first kappa shape index (κ1) is 18.5. The fourth-order valence-electron chi connectivity index (χ4n) is 3.10. The van der Waals surface area contributed by atoms with Crippen LogP contribution in [0.1, 0.15) is 73.1 Å². The van der Waals surface area contributed by atoms with E-state index in [2.05, 4.69) is 51.5 Å². The summed E-state index contributed by atoms with van der Waals surface area (Å²) in [5.74, 6) is 0.871. The molecule has 0 bridgehead atoms. The van der Waals surface area contributed by atoms with Crippen molar-refractivity contribution in [2.75, 3.05) is 0 Å². The van der Waals surface area contributed by atoms with Crippen LogP contribution in [-0.2, 0) is 0 Å². The van der Waals surface area contributed by atoms with Crippen molar-refractivity contribution in [2.45, 2.75) is 97.3 Å². The second-order valence-electron chi connectivity index (χ2n) is 7.02. The lowest BCUT2D eigenvalue weighted by atomic mass is 9.91. The first-order valence-corrected chi connectivity index (χ1v) is 8.91. The van der Waals surface area contributed by atoms with Crippen LogP contribution >= 0.6 is 0 Å². The summed E-state index contributed by atoms with van der Waals surface area (Å²) in [6, 6.07) is 2.13. The highest BCUT2D eigenvalue weighted by Crippen LogP contribution is 2.27. The molecule has 1 rings (SSSR count). The van der Waals surface area contributed by atoms with Crippen LogP contribution in [0.15, 0.2) is 11.8 Å². The van der Waals surface area contributed by atoms with Crippen molar-refractivity contribution in [3.63, 3.8) is 0 Å². The summed E-state index contributed by atoms with van der Waals surface area (Å²) in [6.07, 6.45) is 9.81. The number of allylic oxidation sites excluding steroid dienone is 1. The minimum Gasteiger partial charge on any atom is -0.387 e. The predicted molar refractivity (Wildman–Crippen MR) is 93.3 cm³/mol. The summed E-state index contributed by atoms with van der Waals surface area (Å²) in [5.41, 5.74) is 7.42. The standard InChI is InChI=1S/C18H37N3/c1-6-8-16(11-18-15(5)21-18)10-9-13(3)12-20-17(7-2)14(4)19/h12,14-18,20-21H,6-11,19H2,1-5H3/b13-12+. The van der Waals surface area contributed by atoms with Crippen molar-refractivity contribution in [2.24, 2.45) is 11.7 Å². The van der Waals surface area contributed by atoms with Gasteiger partial charge in [-0.15, -0.1) is 0 Å². The van der Waals surface area contributed by atoms with Crippen molar-refractivity contribution in [3.05, 3.63) is 11.8 Å². The zero-order chi connectivity index (χ0) is 15.8. The van der Waals surface area contributed by atoms with Gasteiger partial charge in [-0.25, -0.2) is 0 Å². The first-order valence-electron chi connectivity index (χ1n) is 8.91.